The molecule has 0 fully saturated rings. The van der Waals surface area contributed by atoms with E-state index >= 15 is 0 Å². The number of anilines is 1. The molecule has 0 unspecified atom stereocenters. The number of carbonyl (C=O) groups is 1. The SMILES string of the molecule is CC(C)NC(=O)c1cnc(-c2ccccc2F)nc1N. The van der Waals surface area contributed by atoms with Crippen LogP contribution in [-0.4, -0.2) is 21.9 Å². The Balaban J connectivity index is 2.36. The lowest BCUT2D eigenvalue weighted by molar-refractivity contribution is 0.0943. The van der Waals surface area contributed by atoms with Gasteiger partial charge in [0, 0.05) is 12.2 Å². The van der Waals surface area contributed by atoms with Gasteiger partial charge in [0.15, 0.2) is 5.82 Å². The lowest BCUT2D eigenvalue weighted by Gasteiger charge is -2.10. The molecule has 0 spiro atoms. The highest BCUT2D eigenvalue weighted by Crippen LogP contribution is 2.20. The summed E-state index contributed by atoms with van der Waals surface area (Å²) in [5.74, 6) is -0.609. The number of amides is 1. The zero-order chi connectivity index (χ0) is 14.7. The van der Waals surface area contributed by atoms with E-state index in [9.17, 15) is 9.18 Å². The van der Waals surface area contributed by atoms with Crippen LogP contribution in [0, 0.1) is 5.82 Å². The van der Waals surface area contributed by atoms with Crippen LogP contribution in [0.3, 0.4) is 0 Å². The zero-order valence-electron chi connectivity index (χ0n) is 11.2. The van der Waals surface area contributed by atoms with E-state index in [-0.39, 0.29) is 34.7 Å². The van der Waals surface area contributed by atoms with E-state index in [1.807, 2.05) is 13.8 Å². The number of hydrogen-bond donors (Lipinski definition) is 2. The first-order valence-corrected chi connectivity index (χ1v) is 6.17. The third-order valence-electron chi connectivity index (χ3n) is 2.60. The summed E-state index contributed by atoms with van der Waals surface area (Å²) in [6.07, 6.45) is 1.31. The van der Waals surface area contributed by atoms with Crippen molar-refractivity contribution in [2.24, 2.45) is 0 Å². The molecule has 0 radical (unpaired) electrons. The van der Waals surface area contributed by atoms with Crippen LogP contribution in [-0.2, 0) is 0 Å². The molecule has 0 aliphatic carbocycles. The Labute approximate surface area is 116 Å². The van der Waals surface area contributed by atoms with E-state index in [4.69, 9.17) is 5.73 Å². The first-order chi connectivity index (χ1) is 9.49. The minimum absolute atomic E-state index is 0.0202. The molecule has 0 aliphatic heterocycles. The number of hydrogen-bond acceptors (Lipinski definition) is 4. The van der Waals surface area contributed by atoms with E-state index in [2.05, 4.69) is 15.3 Å². The van der Waals surface area contributed by atoms with Crippen LogP contribution in [0.4, 0.5) is 10.2 Å². The minimum atomic E-state index is -0.439. The Hall–Kier alpha value is -2.50. The van der Waals surface area contributed by atoms with Crippen molar-refractivity contribution in [2.75, 3.05) is 5.73 Å². The molecule has 1 aromatic carbocycles. The fourth-order valence-corrected chi connectivity index (χ4v) is 1.68. The Kier molecular flexibility index (Phi) is 3.93. The molecule has 0 atom stereocenters. The maximum Gasteiger partial charge on any atom is 0.256 e. The molecule has 2 rings (SSSR count). The number of benzene rings is 1. The fraction of sp³-hybridized carbons (Fsp3) is 0.214. The molecule has 3 N–H and O–H groups in total. The number of nitrogens with two attached hydrogens (primary N) is 1. The van der Waals surface area contributed by atoms with Gasteiger partial charge in [-0.3, -0.25) is 4.79 Å². The second-order valence-electron chi connectivity index (χ2n) is 4.60. The summed E-state index contributed by atoms with van der Waals surface area (Å²) >= 11 is 0. The minimum Gasteiger partial charge on any atom is -0.383 e. The lowest BCUT2D eigenvalue weighted by Crippen LogP contribution is -2.31. The zero-order valence-corrected chi connectivity index (χ0v) is 11.2. The van der Waals surface area contributed by atoms with Crippen LogP contribution < -0.4 is 11.1 Å². The summed E-state index contributed by atoms with van der Waals surface area (Å²) in [4.78, 5) is 19.9. The van der Waals surface area contributed by atoms with Gasteiger partial charge in [-0.15, -0.1) is 0 Å². The van der Waals surface area contributed by atoms with Gasteiger partial charge in [-0.05, 0) is 26.0 Å². The van der Waals surface area contributed by atoms with Gasteiger partial charge in [0.05, 0.1) is 11.1 Å². The van der Waals surface area contributed by atoms with Crippen LogP contribution in [0.25, 0.3) is 11.4 Å². The molecule has 0 saturated heterocycles. The molecule has 6 heteroatoms. The summed E-state index contributed by atoms with van der Waals surface area (Å²) in [5, 5.41) is 2.70. The van der Waals surface area contributed by atoms with Gasteiger partial charge >= 0.3 is 0 Å². The molecule has 2 aromatic rings. The maximum atomic E-state index is 13.6. The average molecular weight is 274 g/mol. The Morgan fingerprint density at radius 2 is 2.05 bits per heavy atom. The van der Waals surface area contributed by atoms with E-state index in [0.717, 1.165) is 0 Å². The van der Waals surface area contributed by atoms with Crippen molar-refractivity contribution in [3.63, 3.8) is 0 Å². The van der Waals surface area contributed by atoms with Crippen molar-refractivity contribution in [1.29, 1.82) is 0 Å². The second kappa shape index (κ2) is 5.64. The molecule has 0 saturated carbocycles. The number of halogens is 1. The highest BCUT2D eigenvalue weighted by Gasteiger charge is 2.15. The van der Waals surface area contributed by atoms with Crippen molar-refractivity contribution in [2.45, 2.75) is 19.9 Å². The van der Waals surface area contributed by atoms with Gasteiger partial charge < -0.3 is 11.1 Å². The first-order valence-electron chi connectivity index (χ1n) is 6.17. The molecule has 1 amide bonds. The van der Waals surface area contributed by atoms with Crippen LogP contribution in [0.15, 0.2) is 30.5 Å². The third-order valence-corrected chi connectivity index (χ3v) is 2.60. The lowest BCUT2D eigenvalue weighted by atomic mass is 10.2. The normalized spacial score (nSPS) is 10.6. The van der Waals surface area contributed by atoms with Crippen LogP contribution in [0.5, 0.6) is 0 Å². The van der Waals surface area contributed by atoms with Crippen molar-refractivity contribution >= 4 is 11.7 Å². The molecule has 20 heavy (non-hydrogen) atoms. The predicted molar refractivity (Wildman–Crippen MR) is 74.4 cm³/mol. The van der Waals surface area contributed by atoms with Gasteiger partial charge in [0.2, 0.25) is 0 Å². The van der Waals surface area contributed by atoms with Crippen molar-refractivity contribution in [3.8, 4) is 11.4 Å². The predicted octanol–water partition coefficient (Wildman–Crippen LogP) is 2.00. The highest BCUT2D eigenvalue weighted by atomic mass is 19.1. The smallest absolute Gasteiger partial charge is 0.256 e. The van der Waals surface area contributed by atoms with Crippen LogP contribution in [0.2, 0.25) is 0 Å². The summed E-state index contributed by atoms with van der Waals surface area (Å²) in [7, 11) is 0. The molecule has 0 aliphatic rings. The first kappa shape index (κ1) is 13.9. The standard InChI is InChI=1S/C14H15FN4O/c1-8(2)18-14(20)10-7-17-13(19-12(10)16)9-5-3-4-6-11(9)15/h3-8H,1-2H3,(H,18,20)(H2,16,17,19). The molecular weight excluding hydrogens is 259 g/mol. The Morgan fingerprint density at radius 3 is 2.65 bits per heavy atom. The maximum absolute atomic E-state index is 13.6. The quantitative estimate of drug-likeness (QED) is 0.897. The molecule has 104 valence electrons. The molecule has 0 bridgehead atoms. The average Bonchev–Trinajstić information content (AvgIpc) is 2.38. The Bertz CT molecular complexity index is 643. The van der Waals surface area contributed by atoms with E-state index in [0.29, 0.717) is 0 Å². The van der Waals surface area contributed by atoms with Gasteiger partial charge in [-0.1, -0.05) is 12.1 Å². The summed E-state index contributed by atoms with van der Waals surface area (Å²) < 4.78 is 13.6. The van der Waals surface area contributed by atoms with E-state index in [1.54, 1.807) is 18.2 Å². The van der Waals surface area contributed by atoms with Crippen LogP contribution in [0.1, 0.15) is 24.2 Å². The number of rotatable bonds is 3. The Morgan fingerprint density at radius 1 is 1.35 bits per heavy atom. The summed E-state index contributed by atoms with van der Waals surface area (Å²) in [6, 6.07) is 6.10. The third kappa shape index (κ3) is 2.90. The largest absolute Gasteiger partial charge is 0.383 e. The second-order valence-corrected chi connectivity index (χ2v) is 4.60. The van der Waals surface area contributed by atoms with E-state index < -0.39 is 5.82 Å². The topological polar surface area (TPSA) is 80.9 Å². The molecule has 1 heterocycles. The van der Waals surface area contributed by atoms with Crippen molar-refractivity contribution in [1.82, 2.24) is 15.3 Å². The summed E-state index contributed by atoms with van der Waals surface area (Å²) in [6.45, 7) is 3.67. The van der Waals surface area contributed by atoms with Gasteiger partial charge in [-0.2, -0.15) is 0 Å². The molecule has 1 aromatic heterocycles. The van der Waals surface area contributed by atoms with Crippen molar-refractivity contribution < 1.29 is 9.18 Å². The van der Waals surface area contributed by atoms with Crippen LogP contribution >= 0.6 is 0 Å². The number of carbonyl (C=O) groups excluding carboxylic acids is 1. The van der Waals surface area contributed by atoms with Gasteiger partial charge in [0.25, 0.3) is 5.91 Å². The van der Waals surface area contributed by atoms with Gasteiger partial charge in [0.1, 0.15) is 11.6 Å². The molecule has 5 nitrogen and oxygen atoms in total. The number of nitrogens with one attached hydrogen (secondary N) is 1. The molecular formula is C14H15FN4O. The number of nitrogen functional groups attached to an aromatic ring is 1. The van der Waals surface area contributed by atoms with E-state index in [1.165, 1.54) is 12.3 Å². The van der Waals surface area contributed by atoms with Gasteiger partial charge in [-0.25, -0.2) is 14.4 Å². The number of aromatic nitrogens is 2. The van der Waals surface area contributed by atoms with Crippen molar-refractivity contribution in [3.05, 3.63) is 41.8 Å². The monoisotopic (exact) mass is 274 g/mol. The summed E-state index contributed by atoms with van der Waals surface area (Å²) in [5.41, 5.74) is 6.18. The number of nitrogens with zero attached hydrogens (tertiary/aromatic N) is 2. The highest BCUT2D eigenvalue weighted by molar-refractivity contribution is 5.98. The fourth-order valence-electron chi connectivity index (χ4n) is 1.68.